The lowest BCUT2D eigenvalue weighted by Gasteiger charge is -2.48. The van der Waals surface area contributed by atoms with Crippen LogP contribution in [-0.2, 0) is 26.3 Å². The van der Waals surface area contributed by atoms with E-state index in [1.807, 2.05) is 84.9 Å². The maximum absolute atomic E-state index is 14.2. The second kappa shape index (κ2) is 12.6. The summed E-state index contributed by atoms with van der Waals surface area (Å²) in [5.41, 5.74) is 2.95. The van der Waals surface area contributed by atoms with E-state index < -0.39 is 24.1 Å². The van der Waals surface area contributed by atoms with Gasteiger partial charge in [-0.25, -0.2) is 4.39 Å². The number of aliphatic hydroxyl groups excluding tert-OH is 1. The van der Waals surface area contributed by atoms with Crippen LogP contribution < -0.4 is 10.1 Å². The molecular formula is C34H34FNO5. The van der Waals surface area contributed by atoms with E-state index in [-0.39, 0.29) is 18.1 Å². The van der Waals surface area contributed by atoms with Crippen molar-refractivity contribution in [3.05, 3.63) is 126 Å². The highest BCUT2D eigenvalue weighted by atomic mass is 19.1. The van der Waals surface area contributed by atoms with Crippen LogP contribution in [0.25, 0.3) is 11.1 Å². The minimum atomic E-state index is -1.14. The number of aliphatic hydroxyl groups is 1. The predicted octanol–water partition coefficient (Wildman–Crippen LogP) is 5.62. The molecule has 5 rings (SSSR count). The largest absolute Gasteiger partial charge is 0.465 e. The highest BCUT2D eigenvalue weighted by Crippen LogP contribution is 2.45. The van der Waals surface area contributed by atoms with Gasteiger partial charge >= 0.3 is 0 Å². The lowest BCUT2D eigenvalue weighted by Crippen LogP contribution is -2.58. The van der Waals surface area contributed by atoms with Crippen LogP contribution in [0.4, 0.5) is 4.39 Å². The van der Waals surface area contributed by atoms with Gasteiger partial charge in [0.15, 0.2) is 5.60 Å². The van der Waals surface area contributed by atoms with Crippen LogP contribution in [0.2, 0.25) is 0 Å². The normalized spacial score (nSPS) is 19.9. The summed E-state index contributed by atoms with van der Waals surface area (Å²) in [5, 5.41) is 14.2. The monoisotopic (exact) mass is 555 g/mol. The lowest BCUT2D eigenvalue weighted by molar-refractivity contribution is -0.268. The zero-order chi connectivity index (χ0) is 28.8. The molecule has 1 fully saturated rings. The van der Waals surface area contributed by atoms with E-state index in [0.717, 1.165) is 22.3 Å². The summed E-state index contributed by atoms with van der Waals surface area (Å²) in [6, 6.07) is 31.4. The van der Waals surface area contributed by atoms with Crippen molar-refractivity contribution in [3.8, 4) is 16.9 Å². The molecule has 7 heteroatoms. The van der Waals surface area contributed by atoms with Gasteiger partial charge in [-0.05, 0) is 58.5 Å². The number of carbonyl (C=O) groups is 1. The fourth-order valence-corrected chi connectivity index (χ4v) is 5.61. The first-order valence-corrected chi connectivity index (χ1v) is 13.7. The highest BCUT2D eigenvalue weighted by Gasteiger charge is 2.53. The van der Waals surface area contributed by atoms with Crippen molar-refractivity contribution >= 4 is 5.91 Å². The van der Waals surface area contributed by atoms with Crippen LogP contribution >= 0.6 is 0 Å². The number of ether oxygens (including phenoxy) is 3. The Bertz CT molecular complexity index is 1420. The number of methoxy groups -OCH3 is 1. The average molecular weight is 556 g/mol. The minimum absolute atomic E-state index is 0.111. The van der Waals surface area contributed by atoms with E-state index in [0.29, 0.717) is 24.3 Å². The number of rotatable bonds is 9. The zero-order valence-electron chi connectivity index (χ0n) is 23.1. The third-order valence-electron chi connectivity index (χ3n) is 7.41. The van der Waals surface area contributed by atoms with Crippen LogP contribution in [0.1, 0.15) is 30.0 Å². The molecule has 0 unspecified atom stereocenters. The molecule has 0 spiro atoms. The van der Waals surface area contributed by atoms with E-state index in [1.165, 1.54) is 19.1 Å². The number of carbonyl (C=O) groups excluding carboxylic acids is 1. The van der Waals surface area contributed by atoms with Crippen LogP contribution in [-0.4, -0.2) is 43.2 Å². The van der Waals surface area contributed by atoms with Gasteiger partial charge in [-0.1, -0.05) is 78.9 Å². The van der Waals surface area contributed by atoms with Gasteiger partial charge in [0.2, 0.25) is 12.2 Å². The van der Waals surface area contributed by atoms with Gasteiger partial charge in [0.1, 0.15) is 17.7 Å². The Morgan fingerprint density at radius 1 is 0.976 bits per heavy atom. The molecule has 0 aliphatic carbocycles. The SMILES string of the molecule is CO[C@@H]1[C@@H](O)C[C@H](Oc2ccc(CCNC(C)=O)c(-c3cccc(F)c3)c2)OC1(c1ccccc1)c1ccccc1. The molecule has 4 aromatic rings. The van der Waals surface area contributed by atoms with Gasteiger partial charge in [0, 0.05) is 27.0 Å². The molecule has 0 saturated carbocycles. The molecule has 6 nitrogen and oxygen atoms in total. The standard InChI is InChI=1S/C34H34FNO5/c1-23(37)36-19-18-24-16-17-29(21-30(24)25-10-9-15-28(35)20-25)40-32-22-31(38)33(39-2)34(41-32,26-11-5-3-6-12-26)27-13-7-4-8-14-27/h3-17,20-21,31-33,38H,18-19,22H2,1-2H3,(H,36,37)/t31-,32+,33+/m0/s1. The number of nitrogens with one attached hydrogen (secondary N) is 1. The molecule has 41 heavy (non-hydrogen) atoms. The van der Waals surface area contributed by atoms with Crippen LogP contribution in [0, 0.1) is 5.82 Å². The quantitative estimate of drug-likeness (QED) is 0.281. The van der Waals surface area contributed by atoms with Crippen LogP contribution in [0.5, 0.6) is 5.75 Å². The third kappa shape index (κ3) is 6.17. The summed E-state index contributed by atoms with van der Waals surface area (Å²) in [4.78, 5) is 11.4. The first-order chi connectivity index (χ1) is 19.9. The van der Waals surface area contributed by atoms with Gasteiger partial charge in [-0.3, -0.25) is 4.79 Å². The maximum atomic E-state index is 14.2. The molecule has 1 aliphatic rings. The number of benzene rings is 4. The van der Waals surface area contributed by atoms with Crippen LogP contribution in [0.3, 0.4) is 0 Å². The molecule has 3 atom stereocenters. The van der Waals surface area contributed by atoms with E-state index in [1.54, 1.807) is 13.2 Å². The molecule has 1 amide bonds. The Labute approximate surface area is 239 Å². The van der Waals surface area contributed by atoms with Gasteiger partial charge in [-0.15, -0.1) is 0 Å². The van der Waals surface area contributed by atoms with Crippen molar-refractivity contribution in [2.45, 2.75) is 43.9 Å². The Hall–Kier alpha value is -4.04. The van der Waals surface area contributed by atoms with E-state index in [2.05, 4.69) is 5.32 Å². The van der Waals surface area contributed by atoms with Crippen molar-refractivity contribution < 1.29 is 28.5 Å². The second-order valence-electron chi connectivity index (χ2n) is 10.2. The fraction of sp³-hybridized carbons (Fsp3) is 0.265. The van der Waals surface area contributed by atoms with Crippen molar-refractivity contribution in [1.82, 2.24) is 5.32 Å². The summed E-state index contributed by atoms with van der Waals surface area (Å²) in [5.74, 6) is 0.0528. The molecule has 1 saturated heterocycles. The molecular weight excluding hydrogens is 521 g/mol. The Morgan fingerprint density at radius 3 is 2.27 bits per heavy atom. The number of halogens is 1. The second-order valence-corrected chi connectivity index (χ2v) is 10.2. The fourth-order valence-electron chi connectivity index (χ4n) is 5.61. The molecule has 1 aliphatic heterocycles. The number of hydrogen-bond acceptors (Lipinski definition) is 5. The molecule has 1 heterocycles. The number of amides is 1. The predicted molar refractivity (Wildman–Crippen MR) is 155 cm³/mol. The Kier molecular flexibility index (Phi) is 8.78. The molecule has 0 bridgehead atoms. The molecule has 2 N–H and O–H groups in total. The molecule has 212 valence electrons. The lowest BCUT2D eigenvalue weighted by atomic mass is 9.77. The molecule has 4 aromatic carbocycles. The van der Waals surface area contributed by atoms with E-state index in [9.17, 15) is 14.3 Å². The Balaban J connectivity index is 1.51. The van der Waals surface area contributed by atoms with Crippen molar-refractivity contribution in [2.75, 3.05) is 13.7 Å². The van der Waals surface area contributed by atoms with Crippen molar-refractivity contribution in [3.63, 3.8) is 0 Å². The zero-order valence-corrected chi connectivity index (χ0v) is 23.1. The minimum Gasteiger partial charge on any atom is -0.465 e. The molecule has 0 aromatic heterocycles. The van der Waals surface area contributed by atoms with Crippen molar-refractivity contribution in [2.24, 2.45) is 0 Å². The maximum Gasteiger partial charge on any atom is 0.216 e. The average Bonchev–Trinajstić information content (AvgIpc) is 2.98. The summed E-state index contributed by atoms with van der Waals surface area (Å²) in [7, 11) is 1.57. The third-order valence-corrected chi connectivity index (χ3v) is 7.41. The highest BCUT2D eigenvalue weighted by molar-refractivity contribution is 5.73. The van der Waals surface area contributed by atoms with Gasteiger partial charge in [-0.2, -0.15) is 0 Å². The van der Waals surface area contributed by atoms with Gasteiger partial charge in [0.25, 0.3) is 0 Å². The summed E-state index contributed by atoms with van der Waals surface area (Å²) in [6.45, 7) is 1.92. The smallest absolute Gasteiger partial charge is 0.216 e. The summed E-state index contributed by atoms with van der Waals surface area (Å²) >= 11 is 0. The molecule has 0 radical (unpaired) electrons. The van der Waals surface area contributed by atoms with Gasteiger partial charge < -0.3 is 24.6 Å². The number of hydrogen-bond donors (Lipinski definition) is 2. The topological polar surface area (TPSA) is 77.0 Å². The van der Waals surface area contributed by atoms with E-state index in [4.69, 9.17) is 14.2 Å². The first-order valence-electron chi connectivity index (χ1n) is 13.7. The summed E-state index contributed by atoms with van der Waals surface area (Å²) in [6.07, 6.45) is -1.66. The summed E-state index contributed by atoms with van der Waals surface area (Å²) < 4.78 is 33.3. The Morgan fingerprint density at radius 2 is 1.66 bits per heavy atom. The van der Waals surface area contributed by atoms with Gasteiger partial charge in [0.05, 0.1) is 6.10 Å². The van der Waals surface area contributed by atoms with E-state index >= 15 is 0 Å². The van der Waals surface area contributed by atoms with Crippen molar-refractivity contribution in [1.29, 1.82) is 0 Å². The first kappa shape index (κ1) is 28.5. The van der Waals surface area contributed by atoms with Crippen LogP contribution in [0.15, 0.2) is 103 Å².